The van der Waals surface area contributed by atoms with E-state index in [-0.39, 0.29) is 11.2 Å². The van der Waals surface area contributed by atoms with E-state index in [9.17, 15) is 14.9 Å². The first kappa shape index (κ1) is 16.5. The molecule has 2 heterocycles. The monoisotopic (exact) mass is 381 g/mol. The van der Waals surface area contributed by atoms with Crippen molar-refractivity contribution < 1.29 is 4.92 Å². The van der Waals surface area contributed by atoms with Gasteiger partial charge in [-0.05, 0) is 41.4 Å². The van der Waals surface area contributed by atoms with E-state index in [4.69, 9.17) is 0 Å². The molecule has 0 aliphatic heterocycles. The maximum absolute atomic E-state index is 13.0. The van der Waals surface area contributed by atoms with Gasteiger partial charge in [0.25, 0.3) is 11.2 Å². The van der Waals surface area contributed by atoms with Crippen molar-refractivity contribution in [3.05, 3.63) is 86.5 Å². The van der Waals surface area contributed by atoms with Crippen LogP contribution in [-0.2, 0) is 0 Å². The molecule has 0 amide bonds. The lowest BCUT2D eigenvalue weighted by molar-refractivity contribution is -0.387. The van der Waals surface area contributed by atoms with Crippen molar-refractivity contribution in [2.45, 2.75) is 10.1 Å². The number of aromatic nitrogens is 2. The van der Waals surface area contributed by atoms with Crippen LogP contribution in [0, 0.1) is 10.1 Å². The van der Waals surface area contributed by atoms with Crippen molar-refractivity contribution in [1.82, 2.24) is 9.55 Å². The molecule has 0 atom stereocenters. The molecule has 6 nitrogen and oxygen atoms in total. The van der Waals surface area contributed by atoms with Crippen LogP contribution in [0.5, 0.6) is 0 Å². The fraction of sp³-hybridized carbons (Fsp3) is 0. The molecular weight excluding hydrogens is 370 g/mol. The Labute approximate surface area is 155 Å². The molecule has 0 bridgehead atoms. The summed E-state index contributed by atoms with van der Waals surface area (Å²) in [7, 11) is 0. The second-order valence-electron chi connectivity index (χ2n) is 5.34. The van der Waals surface area contributed by atoms with E-state index < -0.39 is 4.92 Å². The summed E-state index contributed by atoms with van der Waals surface area (Å²) in [5, 5.41) is 14.1. The van der Waals surface area contributed by atoms with Crippen molar-refractivity contribution in [1.29, 1.82) is 0 Å². The van der Waals surface area contributed by atoms with Gasteiger partial charge in [0.1, 0.15) is 4.83 Å². The number of para-hydroxylation sites is 2. The lowest BCUT2D eigenvalue weighted by Crippen LogP contribution is -2.20. The van der Waals surface area contributed by atoms with Crippen LogP contribution in [0.3, 0.4) is 0 Å². The third kappa shape index (κ3) is 2.89. The van der Waals surface area contributed by atoms with Gasteiger partial charge in [-0.1, -0.05) is 30.3 Å². The van der Waals surface area contributed by atoms with Gasteiger partial charge in [-0.3, -0.25) is 19.5 Å². The molecule has 0 aliphatic carbocycles. The quantitative estimate of drug-likeness (QED) is 0.295. The number of benzene rings is 2. The summed E-state index contributed by atoms with van der Waals surface area (Å²) in [4.78, 5) is 29.5. The minimum atomic E-state index is -0.434. The van der Waals surface area contributed by atoms with Crippen LogP contribution < -0.4 is 5.56 Å². The topological polar surface area (TPSA) is 78.0 Å². The Balaban J connectivity index is 1.95. The Morgan fingerprint density at radius 2 is 1.77 bits per heavy atom. The highest BCUT2D eigenvalue weighted by Gasteiger charge is 2.19. The maximum Gasteiger partial charge on any atom is 0.283 e. The predicted octanol–water partition coefficient (Wildman–Crippen LogP) is 4.51. The molecule has 0 fully saturated rings. The molecule has 0 radical (unpaired) electrons. The Bertz CT molecular complexity index is 1170. The van der Waals surface area contributed by atoms with Crippen molar-refractivity contribution in [3.8, 4) is 5.69 Å². The first-order valence-corrected chi connectivity index (χ1v) is 9.32. The summed E-state index contributed by atoms with van der Waals surface area (Å²) in [6.45, 7) is 0. The van der Waals surface area contributed by atoms with Crippen LogP contribution in [0.1, 0.15) is 0 Å². The van der Waals surface area contributed by atoms with Crippen molar-refractivity contribution in [3.63, 3.8) is 0 Å². The van der Waals surface area contributed by atoms with Crippen LogP contribution >= 0.6 is 23.1 Å². The SMILES string of the molecule is O=c1c2ccsc2nc(Sc2ccccc2[N+](=O)[O-])n1-c1ccccc1. The number of rotatable bonds is 4. The number of thiophene rings is 1. The predicted molar refractivity (Wildman–Crippen MR) is 102 cm³/mol. The summed E-state index contributed by atoms with van der Waals surface area (Å²) in [5.74, 6) is 0. The Morgan fingerprint density at radius 1 is 1.04 bits per heavy atom. The molecule has 2 aromatic carbocycles. The Hall–Kier alpha value is -2.97. The summed E-state index contributed by atoms with van der Waals surface area (Å²) in [6, 6.07) is 17.3. The second kappa shape index (κ2) is 6.74. The summed E-state index contributed by atoms with van der Waals surface area (Å²) >= 11 is 2.48. The fourth-order valence-corrected chi connectivity index (χ4v) is 4.38. The summed E-state index contributed by atoms with van der Waals surface area (Å²) in [5.41, 5.74) is 0.459. The van der Waals surface area contributed by atoms with E-state index in [2.05, 4.69) is 4.98 Å². The highest BCUT2D eigenvalue weighted by atomic mass is 32.2. The summed E-state index contributed by atoms with van der Waals surface area (Å²) < 4.78 is 1.50. The molecule has 0 aliphatic rings. The van der Waals surface area contributed by atoms with E-state index in [0.29, 0.717) is 26.0 Å². The minimum absolute atomic E-state index is 0.0161. The van der Waals surface area contributed by atoms with E-state index in [0.717, 1.165) is 11.8 Å². The first-order chi connectivity index (χ1) is 12.6. The average molecular weight is 381 g/mol. The minimum Gasteiger partial charge on any atom is -0.268 e. The molecule has 2 aromatic heterocycles. The molecule has 128 valence electrons. The van der Waals surface area contributed by atoms with Gasteiger partial charge >= 0.3 is 0 Å². The molecule has 0 saturated carbocycles. The van der Waals surface area contributed by atoms with E-state index >= 15 is 0 Å². The Morgan fingerprint density at radius 3 is 2.54 bits per heavy atom. The van der Waals surface area contributed by atoms with Crippen molar-refractivity contribution in [2.24, 2.45) is 0 Å². The van der Waals surface area contributed by atoms with Gasteiger partial charge in [0.05, 0.1) is 20.9 Å². The number of fused-ring (bicyclic) bond motifs is 1. The lowest BCUT2D eigenvalue weighted by atomic mass is 10.3. The van der Waals surface area contributed by atoms with Gasteiger partial charge in [-0.2, -0.15) is 0 Å². The van der Waals surface area contributed by atoms with Gasteiger partial charge < -0.3 is 0 Å². The van der Waals surface area contributed by atoms with Crippen LogP contribution in [0.25, 0.3) is 15.9 Å². The standard InChI is InChI=1S/C18H11N3O3S2/c22-17-13-10-11-25-16(13)19-18(20(17)12-6-2-1-3-7-12)26-15-9-5-4-8-14(15)21(23)24/h1-11H. The Kier molecular flexibility index (Phi) is 4.27. The van der Waals surface area contributed by atoms with Gasteiger partial charge in [0, 0.05) is 6.07 Å². The molecule has 26 heavy (non-hydrogen) atoms. The maximum atomic E-state index is 13.0. The van der Waals surface area contributed by atoms with Gasteiger partial charge in [0.15, 0.2) is 5.16 Å². The molecule has 4 aromatic rings. The largest absolute Gasteiger partial charge is 0.283 e. The van der Waals surface area contributed by atoms with Crippen molar-refractivity contribution >= 4 is 39.0 Å². The zero-order valence-corrected chi connectivity index (χ0v) is 14.9. The van der Waals surface area contributed by atoms with Crippen LogP contribution in [0.2, 0.25) is 0 Å². The average Bonchev–Trinajstić information content (AvgIpc) is 3.12. The van der Waals surface area contributed by atoms with E-state index in [1.807, 2.05) is 35.7 Å². The summed E-state index contributed by atoms with van der Waals surface area (Å²) in [6.07, 6.45) is 0. The van der Waals surface area contributed by atoms with Crippen LogP contribution in [0.4, 0.5) is 5.69 Å². The number of hydrogen-bond donors (Lipinski definition) is 0. The number of nitrogens with zero attached hydrogens (tertiary/aromatic N) is 3. The molecule has 0 saturated heterocycles. The highest BCUT2D eigenvalue weighted by Crippen LogP contribution is 2.35. The van der Waals surface area contributed by atoms with Crippen LogP contribution in [-0.4, -0.2) is 14.5 Å². The zero-order valence-electron chi connectivity index (χ0n) is 13.2. The molecule has 0 N–H and O–H groups in total. The molecule has 4 rings (SSSR count). The van der Waals surface area contributed by atoms with Gasteiger partial charge in [0.2, 0.25) is 0 Å². The van der Waals surface area contributed by atoms with Crippen LogP contribution in [0.15, 0.2) is 80.9 Å². The smallest absolute Gasteiger partial charge is 0.268 e. The highest BCUT2D eigenvalue weighted by molar-refractivity contribution is 7.99. The number of nitro groups is 1. The normalized spacial score (nSPS) is 10.9. The zero-order chi connectivity index (χ0) is 18.1. The third-order valence-corrected chi connectivity index (χ3v) is 5.57. The molecule has 0 unspecified atom stereocenters. The van der Waals surface area contributed by atoms with Gasteiger partial charge in [-0.25, -0.2) is 4.98 Å². The molecular formula is C18H11N3O3S2. The van der Waals surface area contributed by atoms with Crippen molar-refractivity contribution in [2.75, 3.05) is 0 Å². The molecule has 8 heteroatoms. The fourth-order valence-electron chi connectivity index (χ4n) is 2.56. The van der Waals surface area contributed by atoms with E-state index in [1.165, 1.54) is 22.0 Å². The number of nitro benzene ring substituents is 1. The number of hydrogen-bond acceptors (Lipinski definition) is 6. The first-order valence-electron chi connectivity index (χ1n) is 7.62. The van der Waals surface area contributed by atoms with E-state index in [1.54, 1.807) is 24.3 Å². The van der Waals surface area contributed by atoms with Gasteiger partial charge in [-0.15, -0.1) is 11.3 Å². The lowest BCUT2D eigenvalue weighted by Gasteiger charge is -2.12. The second-order valence-corrected chi connectivity index (χ2v) is 7.24. The molecule has 0 spiro atoms. The third-order valence-electron chi connectivity index (χ3n) is 3.74.